The number of rotatable bonds is 3. The van der Waals surface area contributed by atoms with Gasteiger partial charge in [0.05, 0.1) is 10.7 Å². The maximum absolute atomic E-state index is 6.13. The summed E-state index contributed by atoms with van der Waals surface area (Å²) >= 11 is 17.4. The molecule has 0 saturated carbocycles. The number of benzene rings is 2. The van der Waals surface area contributed by atoms with Gasteiger partial charge in [-0.2, -0.15) is 0 Å². The van der Waals surface area contributed by atoms with Gasteiger partial charge in [0.15, 0.2) is 5.11 Å². The van der Waals surface area contributed by atoms with Crippen molar-refractivity contribution in [3.05, 3.63) is 57.6 Å². The van der Waals surface area contributed by atoms with E-state index >= 15 is 0 Å². The zero-order valence-electron chi connectivity index (χ0n) is 11.8. The summed E-state index contributed by atoms with van der Waals surface area (Å²) in [6.45, 7) is 4.17. The van der Waals surface area contributed by atoms with E-state index in [2.05, 4.69) is 36.6 Å². The van der Waals surface area contributed by atoms with E-state index in [4.69, 9.17) is 35.4 Å². The summed E-state index contributed by atoms with van der Waals surface area (Å²) in [4.78, 5) is 0. The molecule has 0 aromatic heterocycles. The highest BCUT2D eigenvalue weighted by Gasteiger charge is 2.08. The number of anilines is 2. The third-order valence-corrected chi connectivity index (χ3v) is 3.91. The van der Waals surface area contributed by atoms with Crippen molar-refractivity contribution in [1.82, 2.24) is 0 Å². The lowest BCUT2D eigenvalue weighted by molar-refractivity contribution is 1.13. The predicted molar refractivity (Wildman–Crippen MR) is 96.9 cm³/mol. The first-order chi connectivity index (χ1) is 10.0. The molecule has 0 radical (unpaired) electrons. The normalized spacial score (nSPS) is 10.3. The average molecular weight is 339 g/mol. The Morgan fingerprint density at radius 2 is 1.90 bits per heavy atom. The van der Waals surface area contributed by atoms with Gasteiger partial charge < -0.3 is 10.6 Å². The molecule has 0 aliphatic heterocycles. The minimum Gasteiger partial charge on any atom is -0.332 e. The molecule has 0 unspecified atom stereocenters. The van der Waals surface area contributed by atoms with E-state index in [1.165, 1.54) is 5.56 Å². The van der Waals surface area contributed by atoms with Crippen molar-refractivity contribution >= 4 is 51.9 Å². The van der Waals surface area contributed by atoms with Crippen LogP contribution in [0.2, 0.25) is 10.0 Å². The lowest BCUT2D eigenvalue weighted by Crippen LogP contribution is -2.20. The zero-order chi connectivity index (χ0) is 15.4. The SMILES string of the molecule is CCc1cccc(C)c1NC(=S)Nc1ccc(Cl)cc1Cl. The second kappa shape index (κ2) is 7.12. The molecule has 2 N–H and O–H groups in total. The highest BCUT2D eigenvalue weighted by atomic mass is 35.5. The Bertz CT molecular complexity index is 671. The maximum atomic E-state index is 6.13. The maximum Gasteiger partial charge on any atom is 0.175 e. The van der Waals surface area contributed by atoms with Crippen molar-refractivity contribution in [3.63, 3.8) is 0 Å². The number of hydrogen-bond donors (Lipinski definition) is 2. The first-order valence-corrected chi connectivity index (χ1v) is 7.79. The Balaban J connectivity index is 2.15. The van der Waals surface area contributed by atoms with Crippen molar-refractivity contribution in [2.75, 3.05) is 10.6 Å². The van der Waals surface area contributed by atoms with Crippen LogP contribution in [-0.2, 0) is 6.42 Å². The van der Waals surface area contributed by atoms with Crippen LogP contribution in [0.15, 0.2) is 36.4 Å². The molecule has 21 heavy (non-hydrogen) atoms. The molecule has 0 bridgehead atoms. The molecule has 2 nitrogen and oxygen atoms in total. The molecule has 2 rings (SSSR count). The van der Waals surface area contributed by atoms with Crippen LogP contribution in [0.4, 0.5) is 11.4 Å². The van der Waals surface area contributed by atoms with Crippen LogP contribution in [0.25, 0.3) is 0 Å². The number of para-hydroxylation sites is 1. The molecule has 0 aliphatic rings. The lowest BCUT2D eigenvalue weighted by Gasteiger charge is -2.16. The number of aryl methyl sites for hydroxylation is 2. The smallest absolute Gasteiger partial charge is 0.175 e. The Morgan fingerprint density at radius 3 is 2.57 bits per heavy atom. The highest BCUT2D eigenvalue weighted by molar-refractivity contribution is 7.80. The van der Waals surface area contributed by atoms with Gasteiger partial charge in [-0.15, -0.1) is 0 Å². The molecule has 2 aromatic carbocycles. The van der Waals surface area contributed by atoms with Crippen molar-refractivity contribution in [2.45, 2.75) is 20.3 Å². The fraction of sp³-hybridized carbons (Fsp3) is 0.188. The van der Waals surface area contributed by atoms with E-state index < -0.39 is 0 Å². The van der Waals surface area contributed by atoms with Crippen molar-refractivity contribution in [3.8, 4) is 0 Å². The van der Waals surface area contributed by atoms with Gasteiger partial charge in [0, 0.05) is 10.7 Å². The van der Waals surface area contributed by atoms with Crippen LogP contribution >= 0.6 is 35.4 Å². The van der Waals surface area contributed by atoms with Gasteiger partial charge in [-0.05, 0) is 54.9 Å². The third kappa shape index (κ3) is 4.10. The summed E-state index contributed by atoms with van der Waals surface area (Å²) < 4.78 is 0. The highest BCUT2D eigenvalue weighted by Crippen LogP contribution is 2.26. The van der Waals surface area contributed by atoms with E-state index in [0.29, 0.717) is 15.2 Å². The average Bonchev–Trinajstić information content (AvgIpc) is 2.44. The molecule has 0 heterocycles. The second-order valence-electron chi connectivity index (χ2n) is 4.67. The summed E-state index contributed by atoms with van der Waals surface area (Å²) in [7, 11) is 0. The predicted octanol–water partition coefficient (Wildman–Crippen LogP) is 5.67. The molecule has 0 saturated heterocycles. The summed E-state index contributed by atoms with van der Waals surface area (Å²) in [6, 6.07) is 11.4. The third-order valence-electron chi connectivity index (χ3n) is 3.16. The standard InChI is InChI=1S/C16H16Cl2N2S/c1-3-11-6-4-5-10(2)15(11)20-16(21)19-14-8-7-12(17)9-13(14)18/h4-9H,3H2,1-2H3,(H2,19,20,21). The van der Waals surface area contributed by atoms with E-state index in [1.54, 1.807) is 18.2 Å². The van der Waals surface area contributed by atoms with Crippen LogP contribution in [0.1, 0.15) is 18.1 Å². The fourth-order valence-corrected chi connectivity index (χ4v) is 2.73. The molecule has 0 aliphatic carbocycles. The van der Waals surface area contributed by atoms with Crippen LogP contribution in [0, 0.1) is 6.92 Å². The van der Waals surface area contributed by atoms with Gasteiger partial charge in [0.2, 0.25) is 0 Å². The first kappa shape index (κ1) is 16.1. The Kier molecular flexibility index (Phi) is 5.45. The van der Waals surface area contributed by atoms with E-state index in [-0.39, 0.29) is 0 Å². The van der Waals surface area contributed by atoms with Gasteiger partial charge in [-0.25, -0.2) is 0 Å². The Labute approximate surface area is 140 Å². The van der Waals surface area contributed by atoms with Crippen LogP contribution in [0.5, 0.6) is 0 Å². The van der Waals surface area contributed by atoms with Gasteiger partial charge in [-0.3, -0.25) is 0 Å². The molecule has 5 heteroatoms. The topological polar surface area (TPSA) is 24.1 Å². The second-order valence-corrected chi connectivity index (χ2v) is 5.92. The Morgan fingerprint density at radius 1 is 1.14 bits per heavy atom. The number of nitrogens with one attached hydrogen (secondary N) is 2. The van der Waals surface area contributed by atoms with Crippen LogP contribution in [0.3, 0.4) is 0 Å². The molecular formula is C16H16Cl2N2S. The van der Waals surface area contributed by atoms with E-state index in [9.17, 15) is 0 Å². The minimum absolute atomic E-state index is 0.503. The van der Waals surface area contributed by atoms with E-state index in [0.717, 1.165) is 23.4 Å². The molecule has 110 valence electrons. The zero-order valence-corrected chi connectivity index (χ0v) is 14.2. The molecule has 0 atom stereocenters. The van der Waals surface area contributed by atoms with Crippen LogP contribution in [-0.4, -0.2) is 5.11 Å². The summed E-state index contributed by atoms with van der Waals surface area (Å²) in [5.41, 5.74) is 4.15. The first-order valence-electron chi connectivity index (χ1n) is 6.62. The Hall–Kier alpha value is -1.29. The molecule has 2 aromatic rings. The van der Waals surface area contributed by atoms with Gasteiger partial charge in [-0.1, -0.05) is 48.3 Å². The minimum atomic E-state index is 0.503. The van der Waals surface area contributed by atoms with E-state index in [1.807, 2.05) is 6.07 Å². The van der Waals surface area contributed by atoms with Gasteiger partial charge in [0.1, 0.15) is 0 Å². The monoisotopic (exact) mass is 338 g/mol. The van der Waals surface area contributed by atoms with Crippen molar-refractivity contribution in [1.29, 1.82) is 0 Å². The fourth-order valence-electron chi connectivity index (χ4n) is 2.06. The number of halogens is 2. The largest absolute Gasteiger partial charge is 0.332 e. The molecule has 0 amide bonds. The summed E-state index contributed by atoms with van der Waals surface area (Å²) in [6.07, 6.45) is 0.939. The molecule has 0 fully saturated rings. The quantitative estimate of drug-likeness (QED) is 0.704. The van der Waals surface area contributed by atoms with Crippen molar-refractivity contribution in [2.24, 2.45) is 0 Å². The van der Waals surface area contributed by atoms with Crippen molar-refractivity contribution < 1.29 is 0 Å². The van der Waals surface area contributed by atoms with Gasteiger partial charge in [0.25, 0.3) is 0 Å². The summed E-state index contributed by atoms with van der Waals surface area (Å²) in [5.74, 6) is 0. The number of hydrogen-bond acceptors (Lipinski definition) is 1. The summed E-state index contributed by atoms with van der Waals surface area (Å²) in [5, 5.41) is 7.97. The van der Waals surface area contributed by atoms with Crippen LogP contribution < -0.4 is 10.6 Å². The molecule has 0 spiro atoms. The van der Waals surface area contributed by atoms with Gasteiger partial charge >= 0.3 is 0 Å². The molecular weight excluding hydrogens is 323 g/mol. The lowest BCUT2D eigenvalue weighted by atomic mass is 10.1. The number of thiocarbonyl (C=S) groups is 1.